The van der Waals surface area contributed by atoms with Gasteiger partial charge in [0.1, 0.15) is 0 Å². The highest BCUT2D eigenvalue weighted by Gasteiger charge is 2.63. The molecule has 1 aliphatic rings. The summed E-state index contributed by atoms with van der Waals surface area (Å²) in [6.07, 6.45) is -6.15. The molecule has 7 nitrogen and oxygen atoms in total. The fourth-order valence-electron chi connectivity index (χ4n) is 2.65. The molecule has 3 rings (SSSR count). The fraction of sp³-hybridized carbons (Fsp3) is 0.176. The van der Waals surface area contributed by atoms with Crippen LogP contribution in [0.1, 0.15) is 22.3 Å². The van der Waals surface area contributed by atoms with E-state index in [1.807, 2.05) is 0 Å². The van der Waals surface area contributed by atoms with E-state index in [9.17, 15) is 33.2 Å². The van der Waals surface area contributed by atoms with Crippen molar-refractivity contribution >= 4 is 17.3 Å². The molecule has 10 heteroatoms. The molecule has 1 N–H and O–H groups in total. The van der Waals surface area contributed by atoms with Gasteiger partial charge in [-0.1, -0.05) is 36.4 Å². The molecule has 1 atom stereocenters. The third kappa shape index (κ3) is 3.26. The molecule has 2 aromatic rings. The van der Waals surface area contributed by atoms with Crippen molar-refractivity contribution in [2.24, 2.45) is 5.10 Å². The van der Waals surface area contributed by atoms with Gasteiger partial charge in [-0.25, -0.2) is 0 Å². The Morgan fingerprint density at radius 1 is 1.19 bits per heavy atom. The number of alkyl halides is 3. The second-order valence-corrected chi connectivity index (χ2v) is 5.83. The normalized spacial score (nSPS) is 19.7. The molecule has 1 heterocycles. The van der Waals surface area contributed by atoms with E-state index >= 15 is 0 Å². The summed E-state index contributed by atoms with van der Waals surface area (Å²) in [7, 11) is 0. The van der Waals surface area contributed by atoms with Crippen molar-refractivity contribution in [1.29, 1.82) is 0 Å². The Morgan fingerprint density at radius 2 is 1.85 bits per heavy atom. The molecule has 0 unspecified atom stereocenters. The van der Waals surface area contributed by atoms with Crippen LogP contribution in [0.4, 0.5) is 18.9 Å². The number of nitrogens with zero attached hydrogens (tertiary/aromatic N) is 3. The smallest absolute Gasteiger partial charge is 0.362 e. The number of aliphatic hydroxyl groups is 1. The lowest BCUT2D eigenvalue weighted by molar-refractivity contribution is -0.384. The summed E-state index contributed by atoms with van der Waals surface area (Å²) < 4.78 is 40.6. The largest absolute Gasteiger partial charge is 0.438 e. The first kappa shape index (κ1) is 18.5. The van der Waals surface area contributed by atoms with E-state index in [4.69, 9.17) is 0 Å². The van der Waals surface area contributed by atoms with Gasteiger partial charge in [-0.05, 0) is 11.6 Å². The van der Waals surface area contributed by atoms with Gasteiger partial charge in [0.2, 0.25) is 0 Å². The number of amides is 1. The molecular formula is C17H12F3N3O4. The topological polar surface area (TPSA) is 96.0 Å². The number of carbonyl (C=O) groups excluding carboxylic acids is 1. The summed E-state index contributed by atoms with van der Waals surface area (Å²) >= 11 is 0. The Bertz CT molecular complexity index is 931. The zero-order valence-corrected chi connectivity index (χ0v) is 13.6. The van der Waals surface area contributed by atoms with Crippen LogP contribution in [-0.2, 0) is 0 Å². The Kier molecular flexibility index (Phi) is 4.44. The number of nitro benzene ring substituents is 1. The van der Waals surface area contributed by atoms with Crippen molar-refractivity contribution in [3.8, 4) is 0 Å². The molecule has 0 aliphatic carbocycles. The molecular weight excluding hydrogens is 367 g/mol. The summed E-state index contributed by atoms with van der Waals surface area (Å²) in [5, 5.41) is 24.7. The highest BCUT2D eigenvalue weighted by molar-refractivity contribution is 6.05. The van der Waals surface area contributed by atoms with Gasteiger partial charge in [-0.2, -0.15) is 23.3 Å². The predicted octanol–water partition coefficient (Wildman–Crippen LogP) is 3.10. The maximum Gasteiger partial charge on any atom is 0.438 e. The first-order valence-electron chi connectivity index (χ1n) is 7.64. The molecule has 1 aliphatic heterocycles. The van der Waals surface area contributed by atoms with E-state index < -0.39 is 40.4 Å². The zero-order valence-electron chi connectivity index (χ0n) is 13.6. The molecule has 2 aromatic carbocycles. The van der Waals surface area contributed by atoms with Gasteiger partial charge >= 0.3 is 6.18 Å². The molecule has 0 saturated heterocycles. The lowest BCUT2D eigenvalue weighted by Gasteiger charge is -2.32. The van der Waals surface area contributed by atoms with Gasteiger partial charge in [0.25, 0.3) is 17.3 Å². The first-order chi connectivity index (χ1) is 12.6. The standard InChI is InChI=1S/C17H12F3N3O4/c18-17(19,20)16(25)10-14(11-5-2-1-3-6-11)21-22(16)15(24)12-7-4-8-13(9-12)23(26)27/h1-9,25H,10H2/t16-/m0/s1. The highest BCUT2D eigenvalue weighted by Crippen LogP contribution is 2.42. The number of halogens is 3. The third-order valence-electron chi connectivity index (χ3n) is 4.04. The Labute approximate surface area is 150 Å². The monoisotopic (exact) mass is 379 g/mol. The maximum atomic E-state index is 13.5. The van der Waals surface area contributed by atoms with Gasteiger partial charge in [0, 0.05) is 17.7 Å². The average molecular weight is 379 g/mol. The third-order valence-corrected chi connectivity index (χ3v) is 4.04. The van der Waals surface area contributed by atoms with Crippen molar-refractivity contribution in [2.45, 2.75) is 18.3 Å². The summed E-state index contributed by atoms with van der Waals surface area (Å²) in [5.41, 5.74) is -4.24. The second kappa shape index (κ2) is 6.47. The van der Waals surface area contributed by atoms with Crippen molar-refractivity contribution in [1.82, 2.24) is 5.01 Å². The Balaban J connectivity index is 2.06. The predicted molar refractivity (Wildman–Crippen MR) is 87.9 cm³/mol. The van der Waals surface area contributed by atoms with E-state index in [0.717, 1.165) is 24.3 Å². The lowest BCUT2D eigenvalue weighted by Crippen LogP contribution is -2.56. The van der Waals surface area contributed by atoms with Crippen LogP contribution < -0.4 is 0 Å². The summed E-state index contributed by atoms with van der Waals surface area (Å²) in [4.78, 5) is 22.7. The quantitative estimate of drug-likeness (QED) is 0.655. The van der Waals surface area contributed by atoms with Crippen molar-refractivity contribution in [2.75, 3.05) is 0 Å². The average Bonchev–Trinajstić information content (AvgIpc) is 3.01. The lowest BCUT2D eigenvalue weighted by atomic mass is 10.0. The first-order valence-corrected chi connectivity index (χ1v) is 7.64. The van der Waals surface area contributed by atoms with Gasteiger partial charge in [0.05, 0.1) is 17.1 Å². The molecule has 0 saturated carbocycles. The zero-order chi connectivity index (χ0) is 19.8. The SMILES string of the molecule is O=C(c1cccc([N+](=O)[O-])c1)N1N=C(c2ccccc2)C[C@]1(O)C(F)(F)F. The van der Waals surface area contributed by atoms with Gasteiger partial charge < -0.3 is 5.11 Å². The molecule has 0 radical (unpaired) electrons. The van der Waals surface area contributed by atoms with Crippen molar-refractivity contribution < 1.29 is 28.0 Å². The number of carbonyl (C=O) groups is 1. The summed E-state index contributed by atoms with van der Waals surface area (Å²) in [5.74, 6) is -1.30. The van der Waals surface area contributed by atoms with Crippen LogP contribution in [0.3, 0.4) is 0 Å². The molecule has 1 amide bonds. The molecule has 0 fully saturated rings. The number of hydrogen-bond acceptors (Lipinski definition) is 5. The van der Waals surface area contributed by atoms with Crippen molar-refractivity contribution in [3.63, 3.8) is 0 Å². The number of non-ortho nitro benzene ring substituents is 1. The molecule has 0 aromatic heterocycles. The minimum atomic E-state index is -5.19. The van der Waals surface area contributed by atoms with Crippen molar-refractivity contribution in [3.05, 3.63) is 75.8 Å². The summed E-state index contributed by atoms with van der Waals surface area (Å²) in [6, 6.07) is 12.0. The maximum absolute atomic E-state index is 13.5. The Hall–Kier alpha value is -3.27. The minimum Gasteiger partial charge on any atom is -0.362 e. The van der Waals surface area contributed by atoms with Gasteiger partial charge in [-0.15, -0.1) is 0 Å². The van der Waals surface area contributed by atoms with E-state index in [1.54, 1.807) is 18.2 Å². The van der Waals surface area contributed by atoms with E-state index in [0.29, 0.717) is 5.56 Å². The second-order valence-electron chi connectivity index (χ2n) is 5.83. The van der Waals surface area contributed by atoms with Gasteiger partial charge in [-0.3, -0.25) is 14.9 Å². The molecule has 0 spiro atoms. The Morgan fingerprint density at radius 3 is 2.44 bits per heavy atom. The van der Waals surface area contributed by atoms with Crippen LogP contribution in [0.5, 0.6) is 0 Å². The van der Waals surface area contributed by atoms with E-state index in [2.05, 4.69) is 5.10 Å². The van der Waals surface area contributed by atoms with Crippen LogP contribution in [-0.4, -0.2) is 38.6 Å². The van der Waals surface area contributed by atoms with Crippen LogP contribution in [0.2, 0.25) is 0 Å². The van der Waals surface area contributed by atoms with Crippen LogP contribution in [0, 0.1) is 10.1 Å². The minimum absolute atomic E-state index is 0.0611. The van der Waals surface area contributed by atoms with E-state index in [-0.39, 0.29) is 10.7 Å². The fourth-order valence-corrected chi connectivity index (χ4v) is 2.65. The number of hydrazone groups is 1. The number of benzene rings is 2. The highest BCUT2D eigenvalue weighted by atomic mass is 19.4. The molecule has 27 heavy (non-hydrogen) atoms. The van der Waals surface area contributed by atoms with Crippen LogP contribution in [0.25, 0.3) is 0 Å². The number of rotatable bonds is 3. The number of hydrogen-bond donors (Lipinski definition) is 1. The van der Waals surface area contributed by atoms with Crippen LogP contribution >= 0.6 is 0 Å². The molecule has 140 valence electrons. The van der Waals surface area contributed by atoms with Crippen LogP contribution in [0.15, 0.2) is 59.7 Å². The molecule has 0 bridgehead atoms. The number of nitro groups is 1. The summed E-state index contributed by atoms with van der Waals surface area (Å²) in [6.45, 7) is 0. The van der Waals surface area contributed by atoms with E-state index in [1.165, 1.54) is 12.1 Å². The van der Waals surface area contributed by atoms with Gasteiger partial charge in [0.15, 0.2) is 0 Å².